The highest BCUT2D eigenvalue weighted by Gasteiger charge is 2.40. The van der Waals surface area contributed by atoms with Crippen molar-refractivity contribution in [2.75, 3.05) is 20.8 Å². The zero-order valence-electron chi connectivity index (χ0n) is 19.0. The molecule has 1 aliphatic rings. The van der Waals surface area contributed by atoms with Crippen molar-refractivity contribution in [3.63, 3.8) is 0 Å². The number of likely N-dealkylation sites (tertiary alicyclic amines) is 1. The molecule has 2 atom stereocenters. The number of amides is 1. The van der Waals surface area contributed by atoms with Gasteiger partial charge in [-0.25, -0.2) is 0 Å². The van der Waals surface area contributed by atoms with E-state index in [4.69, 9.17) is 9.47 Å². The third-order valence-corrected chi connectivity index (χ3v) is 6.13. The zero-order valence-corrected chi connectivity index (χ0v) is 19.0. The maximum absolute atomic E-state index is 13.3. The number of rotatable bonds is 6. The van der Waals surface area contributed by atoms with Crippen molar-refractivity contribution in [3.05, 3.63) is 64.2 Å². The summed E-state index contributed by atoms with van der Waals surface area (Å²) < 4.78 is 50.2. The second-order valence-corrected chi connectivity index (χ2v) is 8.09. The molecule has 33 heavy (non-hydrogen) atoms. The van der Waals surface area contributed by atoms with Gasteiger partial charge in [0.1, 0.15) is 11.8 Å². The molecule has 0 radical (unpaired) electrons. The van der Waals surface area contributed by atoms with E-state index in [0.717, 1.165) is 34.6 Å². The molecule has 2 aromatic carbocycles. The van der Waals surface area contributed by atoms with Crippen molar-refractivity contribution in [2.24, 2.45) is 0 Å². The Morgan fingerprint density at radius 3 is 2.42 bits per heavy atom. The standard InChI is InChI=1S/C24H27F3N2O4/c1-14-15(2)21(32-3)10-9-16(14)12-29-13-17(11-20(29)23(31)33-4)28-22(30)18-7-5-6-8-19(18)24(25,26)27/h5-10,17,20H,11-13H2,1-4H3,(H,28,30)/t17-,20+/m1/s1. The van der Waals surface area contributed by atoms with Gasteiger partial charge in [0.25, 0.3) is 5.91 Å². The number of benzene rings is 2. The van der Waals surface area contributed by atoms with Gasteiger partial charge < -0.3 is 14.8 Å². The number of esters is 1. The molecule has 2 aromatic rings. The van der Waals surface area contributed by atoms with E-state index in [1.54, 1.807) is 7.11 Å². The summed E-state index contributed by atoms with van der Waals surface area (Å²) in [5.41, 5.74) is 1.55. The zero-order chi connectivity index (χ0) is 24.3. The van der Waals surface area contributed by atoms with Gasteiger partial charge in [-0.15, -0.1) is 0 Å². The Hall–Kier alpha value is -3.07. The molecule has 3 rings (SSSR count). The predicted molar refractivity (Wildman–Crippen MR) is 116 cm³/mol. The fourth-order valence-electron chi connectivity index (χ4n) is 4.22. The molecule has 0 bridgehead atoms. The molecule has 0 saturated carbocycles. The average Bonchev–Trinajstić information content (AvgIpc) is 3.18. The second kappa shape index (κ2) is 9.82. The summed E-state index contributed by atoms with van der Waals surface area (Å²) in [6.07, 6.45) is -4.41. The predicted octanol–water partition coefficient (Wildman–Crippen LogP) is 3.88. The SMILES string of the molecule is COC(=O)[C@@H]1C[C@@H](NC(=O)c2ccccc2C(F)(F)F)CN1Cc1ccc(OC)c(C)c1C. The second-order valence-electron chi connectivity index (χ2n) is 8.09. The van der Waals surface area contributed by atoms with Crippen LogP contribution >= 0.6 is 0 Å². The van der Waals surface area contributed by atoms with Crippen LogP contribution in [-0.4, -0.2) is 49.6 Å². The van der Waals surface area contributed by atoms with Gasteiger partial charge in [-0.1, -0.05) is 18.2 Å². The Kier molecular flexibility index (Phi) is 7.31. The first-order chi connectivity index (χ1) is 15.6. The molecule has 1 saturated heterocycles. The molecule has 0 unspecified atom stereocenters. The van der Waals surface area contributed by atoms with E-state index in [9.17, 15) is 22.8 Å². The molecule has 6 nitrogen and oxygen atoms in total. The van der Waals surface area contributed by atoms with Gasteiger partial charge in [0, 0.05) is 19.1 Å². The number of hydrogen-bond donors (Lipinski definition) is 1. The van der Waals surface area contributed by atoms with Gasteiger partial charge in [0.2, 0.25) is 0 Å². The van der Waals surface area contributed by atoms with Crippen LogP contribution in [0.3, 0.4) is 0 Å². The van der Waals surface area contributed by atoms with Crippen molar-refractivity contribution in [2.45, 2.75) is 45.1 Å². The third-order valence-electron chi connectivity index (χ3n) is 6.13. The number of ether oxygens (including phenoxy) is 2. The maximum atomic E-state index is 13.3. The highest BCUT2D eigenvalue weighted by Crippen LogP contribution is 2.32. The monoisotopic (exact) mass is 464 g/mol. The van der Waals surface area contributed by atoms with E-state index < -0.39 is 41.3 Å². The quantitative estimate of drug-likeness (QED) is 0.658. The highest BCUT2D eigenvalue weighted by atomic mass is 19.4. The van der Waals surface area contributed by atoms with Crippen LogP contribution in [0.1, 0.15) is 39.0 Å². The van der Waals surface area contributed by atoms with Crippen LogP contribution < -0.4 is 10.1 Å². The molecule has 1 aliphatic heterocycles. The molecule has 0 aromatic heterocycles. The van der Waals surface area contributed by atoms with Crippen LogP contribution in [0.15, 0.2) is 36.4 Å². The van der Waals surface area contributed by atoms with Gasteiger partial charge in [0.15, 0.2) is 0 Å². The minimum atomic E-state index is -4.64. The van der Waals surface area contributed by atoms with Crippen LogP contribution in [0.25, 0.3) is 0 Å². The summed E-state index contributed by atoms with van der Waals surface area (Å²) in [5, 5.41) is 2.67. The number of carbonyl (C=O) groups is 2. The normalized spacial score (nSPS) is 18.8. The fraction of sp³-hybridized carbons (Fsp3) is 0.417. The number of halogens is 3. The molecular formula is C24H27F3N2O4. The fourth-order valence-corrected chi connectivity index (χ4v) is 4.22. The van der Waals surface area contributed by atoms with E-state index in [0.29, 0.717) is 13.1 Å². The van der Waals surface area contributed by atoms with Crippen molar-refractivity contribution in [1.82, 2.24) is 10.2 Å². The minimum absolute atomic E-state index is 0.237. The lowest BCUT2D eigenvalue weighted by atomic mass is 10.0. The summed E-state index contributed by atoms with van der Waals surface area (Å²) >= 11 is 0. The van der Waals surface area contributed by atoms with Gasteiger partial charge in [-0.3, -0.25) is 14.5 Å². The van der Waals surface area contributed by atoms with E-state index in [1.807, 2.05) is 30.9 Å². The Labute approximate surface area is 190 Å². The smallest absolute Gasteiger partial charge is 0.417 e. The first kappa shape index (κ1) is 24.6. The molecule has 1 amide bonds. The summed E-state index contributed by atoms with van der Waals surface area (Å²) in [4.78, 5) is 27.0. The molecule has 178 valence electrons. The summed E-state index contributed by atoms with van der Waals surface area (Å²) in [5.74, 6) is -0.518. The number of alkyl halides is 3. The molecule has 1 heterocycles. The lowest BCUT2D eigenvalue weighted by molar-refractivity contribution is -0.146. The number of nitrogens with zero attached hydrogens (tertiary/aromatic N) is 1. The lowest BCUT2D eigenvalue weighted by Gasteiger charge is -2.24. The van der Waals surface area contributed by atoms with Crippen LogP contribution in [0.5, 0.6) is 5.75 Å². The van der Waals surface area contributed by atoms with E-state index >= 15 is 0 Å². The Morgan fingerprint density at radius 2 is 1.79 bits per heavy atom. The topological polar surface area (TPSA) is 67.9 Å². The number of nitrogens with one attached hydrogen (secondary N) is 1. The number of carbonyl (C=O) groups excluding carboxylic acids is 2. The summed E-state index contributed by atoms with van der Waals surface area (Å²) in [6.45, 7) is 4.62. The van der Waals surface area contributed by atoms with Gasteiger partial charge >= 0.3 is 12.1 Å². The average molecular weight is 464 g/mol. The Bertz CT molecular complexity index is 1040. The molecule has 0 aliphatic carbocycles. The molecule has 0 spiro atoms. The molecule has 1 fully saturated rings. The maximum Gasteiger partial charge on any atom is 0.417 e. The van der Waals surface area contributed by atoms with Crippen LogP contribution in [0, 0.1) is 13.8 Å². The molecule has 1 N–H and O–H groups in total. The van der Waals surface area contributed by atoms with Gasteiger partial charge in [-0.2, -0.15) is 13.2 Å². The largest absolute Gasteiger partial charge is 0.496 e. The van der Waals surface area contributed by atoms with Gasteiger partial charge in [0.05, 0.1) is 25.3 Å². The van der Waals surface area contributed by atoms with Crippen LogP contribution in [-0.2, 0) is 22.3 Å². The Balaban J connectivity index is 1.80. The first-order valence-electron chi connectivity index (χ1n) is 10.5. The van der Waals surface area contributed by atoms with E-state index in [-0.39, 0.29) is 6.42 Å². The molecule has 9 heteroatoms. The van der Waals surface area contributed by atoms with Crippen molar-refractivity contribution >= 4 is 11.9 Å². The summed E-state index contributed by atoms with van der Waals surface area (Å²) in [7, 11) is 2.88. The minimum Gasteiger partial charge on any atom is -0.496 e. The number of methoxy groups -OCH3 is 2. The van der Waals surface area contributed by atoms with Crippen LogP contribution in [0.4, 0.5) is 13.2 Å². The van der Waals surface area contributed by atoms with E-state index in [2.05, 4.69) is 5.32 Å². The van der Waals surface area contributed by atoms with Crippen molar-refractivity contribution in [3.8, 4) is 5.75 Å². The number of hydrogen-bond acceptors (Lipinski definition) is 5. The lowest BCUT2D eigenvalue weighted by Crippen LogP contribution is -2.38. The van der Waals surface area contributed by atoms with Gasteiger partial charge in [-0.05, 0) is 55.2 Å². The highest BCUT2D eigenvalue weighted by molar-refractivity contribution is 5.96. The van der Waals surface area contributed by atoms with Crippen molar-refractivity contribution < 1.29 is 32.2 Å². The van der Waals surface area contributed by atoms with Crippen molar-refractivity contribution in [1.29, 1.82) is 0 Å². The first-order valence-corrected chi connectivity index (χ1v) is 10.5. The Morgan fingerprint density at radius 1 is 1.09 bits per heavy atom. The summed E-state index contributed by atoms with van der Waals surface area (Å²) in [6, 6.07) is 7.28. The van der Waals surface area contributed by atoms with E-state index in [1.165, 1.54) is 19.2 Å². The third kappa shape index (κ3) is 5.30. The molecular weight excluding hydrogens is 437 g/mol. The van der Waals surface area contributed by atoms with Crippen LogP contribution in [0.2, 0.25) is 0 Å².